The molecule has 36 heavy (non-hydrogen) atoms. The van der Waals surface area contributed by atoms with Crippen molar-refractivity contribution >= 4 is 21.0 Å². The van der Waals surface area contributed by atoms with E-state index in [1.807, 2.05) is 11.9 Å². The largest absolute Gasteiger partial charge is 1.00 e. The standard InChI is InChI=1S/C10H16N2O5.C10H12N2O5.B.Na.H/c2*1-2-7(5-13)17-9(6-14)12-4-3-8(15)11-10(12)16;;;/h3-4,7,9,13-14H,2,5-6H2,1H3,(H,11,15,16);3-7,9H,2H2,1H3,(H,11,15,16);;;/q;;;+1;-1/t2*7-,9-;;;/m11.../s1. The predicted octanol–water partition coefficient (Wildman–Crippen LogP) is -5.22. The van der Waals surface area contributed by atoms with E-state index < -0.39 is 53.8 Å². The van der Waals surface area contributed by atoms with Crippen molar-refractivity contribution in [2.75, 3.05) is 13.2 Å². The average molecular weight is 519 g/mol. The molecular formula is C20H29BN4NaO10. The Morgan fingerprint density at radius 1 is 0.889 bits per heavy atom. The quantitative estimate of drug-likeness (QED) is 0.155. The van der Waals surface area contributed by atoms with Crippen molar-refractivity contribution in [2.45, 2.75) is 51.4 Å². The van der Waals surface area contributed by atoms with Crippen LogP contribution in [0.3, 0.4) is 0 Å². The zero-order valence-corrected chi connectivity index (χ0v) is 22.2. The zero-order valence-electron chi connectivity index (χ0n) is 21.2. The molecule has 4 atom stereocenters. The molecule has 0 aliphatic carbocycles. The van der Waals surface area contributed by atoms with Crippen LogP contribution in [0.2, 0.25) is 0 Å². The molecule has 0 aliphatic heterocycles. The molecule has 0 aliphatic rings. The summed E-state index contributed by atoms with van der Waals surface area (Å²) in [5.74, 6) is 0. The van der Waals surface area contributed by atoms with Crippen LogP contribution in [0.5, 0.6) is 0 Å². The van der Waals surface area contributed by atoms with Crippen LogP contribution in [-0.2, 0) is 19.1 Å². The molecule has 4 N–H and O–H groups in total. The molecular weight excluding hydrogens is 490 g/mol. The van der Waals surface area contributed by atoms with Crippen molar-refractivity contribution in [3.8, 4) is 0 Å². The minimum atomic E-state index is -1.23. The second-order valence-electron chi connectivity index (χ2n) is 6.77. The van der Waals surface area contributed by atoms with Crippen molar-refractivity contribution in [3.05, 3.63) is 66.2 Å². The Morgan fingerprint density at radius 2 is 1.42 bits per heavy atom. The Balaban J connectivity index is -0.000000578. The number of hydrogen-bond acceptors (Lipinski definition) is 10. The van der Waals surface area contributed by atoms with Gasteiger partial charge in [-0.05, 0) is 12.8 Å². The van der Waals surface area contributed by atoms with Gasteiger partial charge in [0, 0.05) is 32.9 Å². The van der Waals surface area contributed by atoms with E-state index in [1.54, 1.807) is 6.92 Å². The van der Waals surface area contributed by atoms with Gasteiger partial charge < -0.3 is 25.9 Å². The van der Waals surface area contributed by atoms with Crippen LogP contribution in [0.1, 0.15) is 40.6 Å². The van der Waals surface area contributed by atoms with Crippen molar-refractivity contribution < 1.29 is 60.3 Å². The van der Waals surface area contributed by atoms with Crippen LogP contribution in [-0.4, -0.2) is 75.7 Å². The third kappa shape index (κ3) is 11.1. The molecule has 3 radical (unpaired) electrons. The van der Waals surface area contributed by atoms with Crippen LogP contribution in [0, 0.1) is 0 Å². The van der Waals surface area contributed by atoms with Gasteiger partial charge in [0.2, 0.25) is 0 Å². The summed E-state index contributed by atoms with van der Waals surface area (Å²) in [5.41, 5.74) is -2.52. The van der Waals surface area contributed by atoms with Crippen LogP contribution < -0.4 is 52.1 Å². The summed E-state index contributed by atoms with van der Waals surface area (Å²) in [4.78, 5) is 70.0. The Hall–Kier alpha value is -2.40. The Bertz CT molecular complexity index is 1150. The van der Waals surface area contributed by atoms with E-state index in [0.717, 1.165) is 27.5 Å². The molecule has 14 nitrogen and oxygen atoms in total. The molecule has 0 unspecified atom stereocenters. The van der Waals surface area contributed by atoms with E-state index in [1.165, 1.54) is 6.20 Å². The molecule has 0 amide bonds. The molecule has 2 heterocycles. The number of nitrogens with one attached hydrogen (secondary N) is 2. The summed E-state index contributed by atoms with van der Waals surface area (Å²) >= 11 is 0. The maximum Gasteiger partial charge on any atom is 1.00 e. The minimum absolute atomic E-state index is 0. The Morgan fingerprint density at radius 3 is 1.78 bits per heavy atom. The van der Waals surface area contributed by atoms with Gasteiger partial charge in [-0.1, -0.05) is 13.8 Å². The maximum absolute atomic E-state index is 11.5. The van der Waals surface area contributed by atoms with Crippen LogP contribution in [0.15, 0.2) is 43.7 Å². The third-order valence-electron chi connectivity index (χ3n) is 4.44. The first-order valence-corrected chi connectivity index (χ1v) is 10.3. The third-order valence-corrected chi connectivity index (χ3v) is 4.44. The molecule has 0 saturated heterocycles. The van der Waals surface area contributed by atoms with Crippen molar-refractivity contribution in [1.29, 1.82) is 0 Å². The number of aromatic amines is 2. The van der Waals surface area contributed by atoms with Crippen molar-refractivity contribution in [2.24, 2.45) is 0 Å². The fraction of sp³-hybridized carbons (Fsp3) is 0.500. The number of H-pyrrole nitrogens is 2. The van der Waals surface area contributed by atoms with Gasteiger partial charge in [-0.25, -0.2) is 9.59 Å². The number of rotatable bonds is 12. The molecule has 0 fully saturated rings. The molecule has 2 aromatic rings. The second-order valence-corrected chi connectivity index (χ2v) is 6.77. The van der Waals surface area contributed by atoms with E-state index in [-0.39, 0.29) is 46.0 Å². The number of aliphatic hydroxyl groups is 2. The van der Waals surface area contributed by atoms with Gasteiger partial charge >= 0.3 is 40.9 Å². The normalized spacial score (nSPS) is 13.4. The first kappa shape index (κ1) is 35.8. The van der Waals surface area contributed by atoms with E-state index in [0.29, 0.717) is 25.4 Å². The van der Waals surface area contributed by atoms with Gasteiger partial charge in [0.05, 0.1) is 19.3 Å². The van der Waals surface area contributed by atoms with E-state index in [9.17, 15) is 28.8 Å². The molecule has 193 valence electrons. The van der Waals surface area contributed by atoms with Crippen LogP contribution in [0.4, 0.5) is 0 Å². The topological polar surface area (TPSA) is 203 Å². The summed E-state index contributed by atoms with van der Waals surface area (Å²) in [6, 6.07) is 2.25. The van der Waals surface area contributed by atoms with E-state index in [4.69, 9.17) is 19.7 Å². The maximum atomic E-state index is 11.5. The van der Waals surface area contributed by atoms with Gasteiger partial charge in [0.15, 0.2) is 18.7 Å². The number of aliphatic hydroxyl groups excluding tert-OH is 2. The molecule has 0 aromatic carbocycles. The average Bonchev–Trinajstić information content (AvgIpc) is 2.82. The summed E-state index contributed by atoms with van der Waals surface area (Å²) in [6.45, 7) is 2.88. The molecule has 2 aromatic heterocycles. The molecule has 0 spiro atoms. The summed E-state index contributed by atoms with van der Waals surface area (Å²) in [6.07, 6.45) is 0.848. The van der Waals surface area contributed by atoms with Gasteiger partial charge in [-0.3, -0.25) is 33.5 Å². The number of hydrogen-bond donors (Lipinski definition) is 4. The first-order valence-electron chi connectivity index (χ1n) is 10.3. The summed E-state index contributed by atoms with van der Waals surface area (Å²) in [7, 11) is 0. The van der Waals surface area contributed by atoms with Crippen molar-refractivity contribution in [3.63, 3.8) is 0 Å². The summed E-state index contributed by atoms with van der Waals surface area (Å²) < 4.78 is 12.4. The van der Waals surface area contributed by atoms with E-state index >= 15 is 0 Å². The molecule has 2 rings (SSSR count). The van der Waals surface area contributed by atoms with Crippen LogP contribution >= 0.6 is 0 Å². The Kier molecular flexibility index (Phi) is 18.7. The zero-order chi connectivity index (χ0) is 25.7. The summed E-state index contributed by atoms with van der Waals surface area (Å²) in [5, 5.41) is 18.1. The fourth-order valence-electron chi connectivity index (χ4n) is 2.54. The van der Waals surface area contributed by atoms with Gasteiger partial charge in [-0.15, -0.1) is 0 Å². The molecule has 0 saturated carbocycles. The van der Waals surface area contributed by atoms with E-state index in [2.05, 4.69) is 4.98 Å². The van der Waals surface area contributed by atoms with Gasteiger partial charge in [0.1, 0.15) is 12.4 Å². The van der Waals surface area contributed by atoms with Crippen LogP contribution in [0.25, 0.3) is 0 Å². The monoisotopic (exact) mass is 519 g/mol. The number of nitrogens with zero attached hydrogens (tertiary/aromatic N) is 2. The smallest absolute Gasteiger partial charge is 1.00 e. The SMILES string of the molecule is CC[C@H](C=O)O[C@H](C=O)n1ccc(=O)[nH]c1=O.CC[C@H](CO)O[C@H](CO)n1ccc(=O)[nH]c1=O.[B].[H-].[Na+]. The number of carbonyl (C=O) groups excluding carboxylic acids is 2. The second kappa shape index (κ2) is 18.8. The number of aldehydes is 2. The molecule has 0 bridgehead atoms. The fourth-order valence-corrected chi connectivity index (χ4v) is 2.54. The molecule has 16 heteroatoms. The predicted molar refractivity (Wildman–Crippen MR) is 124 cm³/mol. The van der Waals surface area contributed by atoms with Crippen molar-refractivity contribution in [1.82, 2.24) is 19.1 Å². The number of carbonyl (C=O) groups is 2. The Labute approximate surface area is 230 Å². The van der Waals surface area contributed by atoms with Gasteiger partial charge in [-0.2, -0.15) is 0 Å². The number of ether oxygens (including phenoxy) is 2. The first-order chi connectivity index (χ1) is 16.2. The minimum Gasteiger partial charge on any atom is -1.00 e. The van der Waals surface area contributed by atoms with Gasteiger partial charge in [0.25, 0.3) is 11.1 Å². The number of aromatic nitrogens is 4.